The summed E-state index contributed by atoms with van der Waals surface area (Å²) in [7, 11) is 0. The van der Waals surface area contributed by atoms with E-state index in [9.17, 15) is 4.79 Å². The van der Waals surface area contributed by atoms with E-state index in [2.05, 4.69) is 15.0 Å². The number of allylic oxidation sites excluding steroid dienone is 1. The summed E-state index contributed by atoms with van der Waals surface area (Å²) in [4.78, 5) is 21.4. The predicted octanol–water partition coefficient (Wildman–Crippen LogP) is 1.06. The largest absolute Gasteiger partial charge is 0.515 e. The molecule has 2 rings (SSSR count). The van der Waals surface area contributed by atoms with Gasteiger partial charge in [0.1, 0.15) is 12.0 Å². The topological polar surface area (TPSA) is 78.9 Å². The van der Waals surface area contributed by atoms with Crippen molar-refractivity contribution in [2.45, 2.75) is 0 Å². The summed E-state index contributed by atoms with van der Waals surface area (Å²) in [6, 6.07) is 1.75. The van der Waals surface area contributed by atoms with Crippen LogP contribution < -0.4 is 0 Å². The number of rotatable bonds is 2. The van der Waals surface area contributed by atoms with Crippen LogP contribution in [0.1, 0.15) is 5.69 Å². The van der Waals surface area contributed by atoms with Crippen molar-refractivity contribution in [1.29, 1.82) is 0 Å². The molecule has 0 atom stereocenters. The lowest BCUT2D eigenvalue weighted by Crippen LogP contribution is -1.93. The van der Waals surface area contributed by atoms with Gasteiger partial charge in [0.25, 0.3) is 0 Å². The van der Waals surface area contributed by atoms with Crippen LogP contribution >= 0.6 is 0 Å². The number of carbonyl (C=O) groups is 1. The Kier molecular flexibility index (Phi) is 1.98. The first kappa shape index (κ1) is 8.43. The summed E-state index contributed by atoms with van der Waals surface area (Å²) >= 11 is 0. The van der Waals surface area contributed by atoms with Gasteiger partial charge in [0.05, 0.1) is 17.5 Å². The lowest BCUT2D eigenvalue weighted by atomic mass is 10.1. The average Bonchev–Trinajstić information content (AvgIpc) is 2.68. The van der Waals surface area contributed by atoms with Crippen molar-refractivity contribution in [3.8, 4) is 0 Å². The summed E-state index contributed by atoms with van der Waals surface area (Å²) in [5.41, 5.74) is 1.20. The molecule has 70 valence electrons. The molecular weight excluding hydrogens is 182 g/mol. The molecule has 0 aliphatic carbocycles. The highest BCUT2D eigenvalue weighted by Crippen LogP contribution is 2.18. The van der Waals surface area contributed by atoms with Crippen LogP contribution in [0.3, 0.4) is 0 Å². The summed E-state index contributed by atoms with van der Waals surface area (Å²) < 4.78 is 0. The van der Waals surface area contributed by atoms with Crippen LogP contribution in [0.15, 0.2) is 24.9 Å². The molecule has 2 aromatic heterocycles. The van der Waals surface area contributed by atoms with Gasteiger partial charge in [-0.05, 0) is 6.07 Å². The Hall–Kier alpha value is -2.17. The molecular formula is C9H7N3O2. The van der Waals surface area contributed by atoms with Gasteiger partial charge in [0, 0.05) is 11.6 Å². The van der Waals surface area contributed by atoms with Crippen molar-refractivity contribution in [2.24, 2.45) is 0 Å². The number of aromatic amines is 1. The van der Waals surface area contributed by atoms with Crippen molar-refractivity contribution in [3.05, 3.63) is 30.5 Å². The van der Waals surface area contributed by atoms with E-state index in [1.165, 1.54) is 6.33 Å². The third-order valence-electron chi connectivity index (χ3n) is 1.89. The zero-order valence-electron chi connectivity index (χ0n) is 7.14. The smallest absolute Gasteiger partial charge is 0.155 e. The number of aromatic nitrogens is 3. The van der Waals surface area contributed by atoms with Gasteiger partial charge >= 0.3 is 0 Å². The minimum absolute atomic E-state index is 0.136. The van der Waals surface area contributed by atoms with E-state index >= 15 is 0 Å². The van der Waals surface area contributed by atoms with E-state index in [1.807, 2.05) is 0 Å². The minimum Gasteiger partial charge on any atom is -0.515 e. The standard InChI is InChI=1S/C9H7N3O2/c13-3-6(4-14)8-7-1-2-10-9(7)12-5-11-8/h1-5,13H,(H,10,11,12)/b6-3+. The highest BCUT2D eigenvalue weighted by Gasteiger charge is 2.08. The van der Waals surface area contributed by atoms with Gasteiger partial charge in [0.2, 0.25) is 0 Å². The molecule has 0 saturated carbocycles. The van der Waals surface area contributed by atoms with Crippen molar-refractivity contribution in [2.75, 3.05) is 0 Å². The number of aliphatic hydroxyl groups excluding tert-OH is 1. The molecule has 2 aromatic rings. The van der Waals surface area contributed by atoms with Crippen molar-refractivity contribution >= 4 is 22.9 Å². The predicted molar refractivity (Wildman–Crippen MR) is 50.6 cm³/mol. The van der Waals surface area contributed by atoms with Crippen molar-refractivity contribution in [3.63, 3.8) is 0 Å². The maximum absolute atomic E-state index is 10.6. The molecule has 0 saturated heterocycles. The SMILES string of the molecule is O=C/C(=C\O)c1ncnc2[nH]ccc12. The van der Waals surface area contributed by atoms with Crippen LogP contribution in [0.25, 0.3) is 16.6 Å². The van der Waals surface area contributed by atoms with Gasteiger partial charge in [0.15, 0.2) is 6.29 Å². The zero-order valence-corrected chi connectivity index (χ0v) is 7.14. The number of nitrogens with zero attached hydrogens (tertiary/aromatic N) is 2. The second kappa shape index (κ2) is 3.29. The summed E-state index contributed by atoms with van der Waals surface area (Å²) in [6.45, 7) is 0. The number of hydrogen-bond donors (Lipinski definition) is 2. The molecule has 2 N–H and O–H groups in total. The van der Waals surface area contributed by atoms with E-state index in [0.717, 1.165) is 6.26 Å². The fourth-order valence-electron chi connectivity index (χ4n) is 1.25. The van der Waals surface area contributed by atoms with Gasteiger partial charge in [-0.15, -0.1) is 0 Å². The Balaban J connectivity index is 2.73. The first-order valence-electron chi connectivity index (χ1n) is 3.95. The van der Waals surface area contributed by atoms with Crippen molar-refractivity contribution < 1.29 is 9.90 Å². The number of aldehydes is 1. The normalized spacial score (nSPS) is 11.9. The molecule has 0 amide bonds. The molecule has 0 aliphatic heterocycles. The number of H-pyrrole nitrogens is 1. The Morgan fingerprint density at radius 3 is 3.07 bits per heavy atom. The molecule has 0 radical (unpaired) electrons. The maximum atomic E-state index is 10.6. The van der Waals surface area contributed by atoms with Gasteiger partial charge in [-0.25, -0.2) is 9.97 Å². The van der Waals surface area contributed by atoms with E-state index in [4.69, 9.17) is 5.11 Å². The van der Waals surface area contributed by atoms with Gasteiger partial charge in [-0.3, -0.25) is 4.79 Å². The highest BCUT2D eigenvalue weighted by atomic mass is 16.2. The molecule has 5 heteroatoms. The van der Waals surface area contributed by atoms with Crippen LogP contribution in [0.4, 0.5) is 0 Å². The fourth-order valence-corrected chi connectivity index (χ4v) is 1.25. The highest BCUT2D eigenvalue weighted by molar-refractivity contribution is 6.10. The van der Waals surface area contributed by atoms with E-state index < -0.39 is 0 Å². The second-order valence-corrected chi connectivity index (χ2v) is 2.66. The molecule has 0 aromatic carbocycles. The third kappa shape index (κ3) is 1.15. The number of fused-ring (bicyclic) bond motifs is 1. The Morgan fingerprint density at radius 2 is 2.36 bits per heavy atom. The first-order chi connectivity index (χ1) is 6.86. The number of nitrogens with one attached hydrogen (secondary N) is 1. The van der Waals surface area contributed by atoms with Gasteiger partial charge in [-0.2, -0.15) is 0 Å². The van der Waals surface area contributed by atoms with Gasteiger partial charge in [-0.1, -0.05) is 0 Å². The molecule has 5 nitrogen and oxygen atoms in total. The number of aliphatic hydroxyl groups is 1. The van der Waals surface area contributed by atoms with Crippen LogP contribution in [0, 0.1) is 0 Å². The van der Waals surface area contributed by atoms with Crippen LogP contribution in [-0.4, -0.2) is 26.3 Å². The summed E-state index contributed by atoms with van der Waals surface area (Å²) in [5, 5.41) is 9.52. The molecule has 2 heterocycles. The fraction of sp³-hybridized carbons (Fsp3) is 0. The van der Waals surface area contributed by atoms with Crippen molar-refractivity contribution in [1.82, 2.24) is 15.0 Å². The summed E-state index contributed by atoms with van der Waals surface area (Å²) in [5.74, 6) is 0. The maximum Gasteiger partial charge on any atom is 0.155 e. The van der Waals surface area contributed by atoms with Crippen LogP contribution in [0.2, 0.25) is 0 Å². The molecule has 0 fully saturated rings. The van der Waals surface area contributed by atoms with Gasteiger partial charge < -0.3 is 10.1 Å². The monoisotopic (exact) mass is 189 g/mol. The minimum atomic E-state index is 0.136. The Labute approximate surface area is 79.1 Å². The third-order valence-corrected chi connectivity index (χ3v) is 1.89. The Bertz CT molecular complexity index is 501. The number of hydrogen-bond acceptors (Lipinski definition) is 4. The lowest BCUT2D eigenvalue weighted by Gasteiger charge is -1.98. The van der Waals surface area contributed by atoms with E-state index in [-0.39, 0.29) is 5.57 Å². The quantitative estimate of drug-likeness (QED) is 0.420. The first-order valence-corrected chi connectivity index (χ1v) is 3.95. The Morgan fingerprint density at radius 1 is 1.50 bits per heavy atom. The average molecular weight is 189 g/mol. The van der Waals surface area contributed by atoms with Crippen LogP contribution in [-0.2, 0) is 4.79 Å². The zero-order chi connectivity index (χ0) is 9.97. The lowest BCUT2D eigenvalue weighted by molar-refractivity contribution is -0.103. The molecule has 14 heavy (non-hydrogen) atoms. The molecule has 0 spiro atoms. The molecule has 0 aliphatic rings. The van der Waals surface area contributed by atoms with E-state index in [1.54, 1.807) is 12.3 Å². The molecule has 0 bridgehead atoms. The van der Waals surface area contributed by atoms with Crippen LogP contribution in [0.5, 0.6) is 0 Å². The van der Waals surface area contributed by atoms with E-state index in [0.29, 0.717) is 23.0 Å². The molecule has 0 unspecified atom stereocenters. The summed E-state index contributed by atoms with van der Waals surface area (Å²) in [6.07, 6.45) is 4.32. The number of carbonyl (C=O) groups excluding carboxylic acids is 1. The second-order valence-electron chi connectivity index (χ2n) is 2.66.